The highest BCUT2D eigenvalue weighted by molar-refractivity contribution is 6.30. The smallest absolute Gasteiger partial charge is 0.222 e. The number of pyridine rings is 1. The van der Waals surface area contributed by atoms with Crippen molar-refractivity contribution in [1.29, 1.82) is 0 Å². The molecule has 1 aromatic heterocycles. The highest BCUT2D eigenvalue weighted by Crippen LogP contribution is 2.24. The molecule has 27 heavy (non-hydrogen) atoms. The maximum absolute atomic E-state index is 12.5. The van der Waals surface area contributed by atoms with E-state index in [1.807, 2.05) is 61.2 Å². The molecule has 0 aliphatic carbocycles. The number of methoxy groups -OCH3 is 1. The van der Waals surface area contributed by atoms with Crippen molar-refractivity contribution in [3.8, 4) is 5.75 Å². The van der Waals surface area contributed by atoms with Crippen molar-refractivity contribution in [1.82, 2.24) is 9.88 Å². The fourth-order valence-corrected chi connectivity index (χ4v) is 3.25. The van der Waals surface area contributed by atoms with Gasteiger partial charge >= 0.3 is 0 Å². The summed E-state index contributed by atoms with van der Waals surface area (Å²) < 4.78 is 5.20. The summed E-state index contributed by atoms with van der Waals surface area (Å²) in [6.45, 7) is 4.85. The zero-order chi connectivity index (χ0) is 19.4. The number of hydrogen-bond acceptors (Lipinski definition) is 3. The van der Waals surface area contributed by atoms with E-state index in [1.54, 1.807) is 7.11 Å². The van der Waals surface area contributed by atoms with E-state index in [0.717, 1.165) is 33.3 Å². The van der Waals surface area contributed by atoms with Gasteiger partial charge in [-0.25, -0.2) is 4.98 Å². The van der Waals surface area contributed by atoms with Gasteiger partial charge in [-0.2, -0.15) is 0 Å². The number of fused-ring (bicyclic) bond motifs is 1. The highest BCUT2D eigenvalue weighted by atomic mass is 35.5. The number of carbonyl (C=O) groups excluding carboxylic acids is 1. The van der Waals surface area contributed by atoms with Crippen LogP contribution in [0.3, 0.4) is 0 Å². The Balaban J connectivity index is 1.88. The second-order valence-corrected chi connectivity index (χ2v) is 6.94. The quantitative estimate of drug-likeness (QED) is 0.554. The van der Waals surface area contributed by atoms with Crippen LogP contribution in [0, 0.1) is 6.92 Å². The van der Waals surface area contributed by atoms with Crippen LogP contribution in [0.5, 0.6) is 5.75 Å². The molecule has 0 aliphatic heterocycles. The fraction of sp³-hybridized carbons (Fsp3) is 0.273. The van der Waals surface area contributed by atoms with Gasteiger partial charge in [0.25, 0.3) is 0 Å². The fourth-order valence-electron chi connectivity index (χ4n) is 3.04. The van der Waals surface area contributed by atoms with E-state index in [2.05, 4.69) is 11.1 Å². The third-order valence-corrected chi connectivity index (χ3v) is 4.87. The minimum Gasteiger partial charge on any atom is -0.497 e. The van der Waals surface area contributed by atoms with Crippen molar-refractivity contribution in [3.05, 3.63) is 70.4 Å². The van der Waals surface area contributed by atoms with Crippen LogP contribution in [0.25, 0.3) is 10.9 Å². The van der Waals surface area contributed by atoms with Gasteiger partial charge in [-0.15, -0.1) is 0 Å². The molecule has 1 amide bonds. The second kappa shape index (κ2) is 8.40. The van der Waals surface area contributed by atoms with Gasteiger partial charge in [-0.05, 0) is 42.8 Å². The van der Waals surface area contributed by atoms with Gasteiger partial charge < -0.3 is 9.64 Å². The van der Waals surface area contributed by atoms with Crippen LogP contribution in [-0.4, -0.2) is 22.9 Å². The maximum atomic E-state index is 12.5. The molecule has 140 valence electrons. The van der Waals surface area contributed by atoms with Crippen molar-refractivity contribution in [2.24, 2.45) is 0 Å². The number of nitrogens with zero attached hydrogens (tertiary/aromatic N) is 2. The molecule has 1 heterocycles. The number of hydrogen-bond donors (Lipinski definition) is 0. The number of amides is 1. The molecule has 3 rings (SSSR count). The van der Waals surface area contributed by atoms with Gasteiger partial charge in [0.15, 0.2) is 0 Å². The van der Waals surface area contributed by atoms with E-state index >= 15 is 0 Å². The molecular weight excluding hydrogens is 360 g/mol. The topological polar surface area (TPSA) is 42.4 Å². The molecule has 5 heteroatoms. The first-order valence-corrected chi connectivity index (χ1v) is 9.34. The SMILES string of the molecule is CCC(=O)N(Cc1ccc(OC)cc1)Cc1cc2cc(C)ccc2nc1Cl. The predicted molar refractivity (Wildman–Crippen MR) is 109 cm³/mol. The average molecular weight is 383 g/mol. The van der Waals surface area contributed by atoms with Gasteiger partial charge in [0, 0.05) is 30.5 Å². The molecule has 0 fully saturated rings. The average Bonchev–Trinajstić information content (AvgIpc) is 2.68. The zero-order valence-electron chi connectivity index (χ0n) is 15.8. The van der Waals surface area contributed by atoms with E-state index in [4.69, 9.17) is 16.3 Å². The lowest BCUT2D eigenvalue weighted by Crippen LogP contribution is -2.29. The molecule has 0 atom stereocenters. The molecule has 2 aromatic carbocycles. The van der Waals surface area contributed by atoms with Gasteiger partial charge in [0.05, 0.1) is 12.6 Å². The molecule has 0 N–H and O–H groups in total. The molecule has 0 aliphatic rings. The first-order valence-electron chi connectivity index (χ1n) is 8.96. The van der Waals surface area contributed by atoms with E-state index in [9.17, 15) is 4.79 Å². The Morgan fingerprint density at radius 1 is 1.11 bits per heavy atom. The number of benzene rings is 2. The number of aryl methyl sites for hydroxylation is 1. The number of ether oxygens (including phenoxy) is 1. The maximum Gasteiger partial charge on any atom is 0.222 e. The largest absolute Gasteiger partial charge is 0.497 e. The number of rotatable bonds is 6. The summed E-state index contributed by atoms with van der Waals surface area (Å²) in [5.41, 5.74) is 3.92. The van der Waals surface area contributed by atoms with Gasteiger partial charge in [0.1, 0.15) is 10.9 Å². The van der Waals surface area contributed by atoms with Crippen LogP contribution in [0.1, 0.15) is 30.0 Å². The van der Waals surface area contributed by atoms with E-state index < -0.39 is 0 Å². The van der Waals surface area contributed by atoms with Crippen LogP contribution in [0.4, 0.5) is 0 Å². The zero-order valence-corrected chi connectivity index (χ0v) is 16.6. The molecule has 0 unspecified atom stereocenters. The standard InChI is InChI=1S/C22H23ClN2O2/c1-4-21(26)25(13-16-6-8-19(27-3)9-7-16)14-18-12-17-11-15(2)5-10-20(17)24-22(18)23/h5-12H,4,13-14H2,1-3H3. The summed E-state index contributed by atoms with van der Waals surface area (Å²) in [4.78, 5) is 18.8. The molecule has 4 nitrogen and oxygen atoms in total. The van der Waals surface area contributed by atoms with Crippen LogP contribution >= 0.6 is 11.6 Å². The molecule has 0 radical (unpaired) electrons. The molecule has 0 bridgehead atoms. The van der Waals surface area contributed by atoms with Crippen LogP contribution in [-0.2, 0) is 17.9 Å². The van der Waals surface area contributed by atoms with Crippen LogP contribution in [0.2, 0.25) is 5.15 Å². The third-order valence-electron chi connectivity index (χ3n) is 4.55. The van der Waals surface area contributed by atoms with E-state index in [-0.39, 0.29) is 5.91 Å². The lowest BCUT2D eigenvalue weighted by atomic mass is 10.1. The Kier molecular flexibility index (Phi) is 5.97. The number of aromatic nitrogens is 1. The molecular formula is C22H23ClN2O2. The Morgan fingerprint density at radius 2 is 1.85 bits per heavy atom. The third kappa shape index (κ3) is 4.58. The Morgan fingerprint density at radius 3 is 2.52 bits per heavy atom. The van der Waals surface area contributed by atoms with Crippen LogP contribution in [0.15, 0.2) is 48.5 Å². The molecule has 3 aromatic rings. The number of halogens is 1. The summed E-state index contributed by atoms with van der Waals surface area (Å²) >= 11 is 6.41. The number of carbonyl (C=O) groups is 1. The Hall–Kier alpha value is -2.59. The predicted octanol–water partition coefficient (Wildman–Crippen LogP) is 5.14. The van der Waals surface area contributed by atoms with E-state index in [0.29, 0.717) is 24.7 Å². The van der Waals surface area contributed by atoms with Gasteiger partial charge in [-0.3, -0.25) is 4.79 Å². The first-order chi connectivity index (χ1) is 13.0. The summed E-state index contributed by atoms with van der Waals surface area (Å²) in [7, 11) is 1.64. The minimum absolute atomic E-state index is 0.0752. The lowest BCUT2D eigenvalue weighted by Gasteiger charge is -2.23. The van der Waals surface area contributed by atoms with Crippen molar-refractivity contribution in [3.63, 3.8) is 0 Å². The Labute approximate surface area is 164 Å². The second-order valence-electron chi connectivity index (χ2n) is 6.59. The highest BCUT2D eigenvalue weighted by Gasteiger charge is 2.16. The van der Waals surface area contributed by atoms with E-state index in [1.165, 1.54) is 0 Å². The molecule has 0 spiro atoms. The van der Waals surface area contributed by atoms with Crippen molar-refractivity contribution in [2.45, 2.75) is 33.4 Å². The Bertz CT molecular complexity index is 954. The lowest BCUT2D eigenvalue weighted by molar-refractivity contribution is -0.132. The van der Waals surface area contributed by atoms with Crippen molar-refractivity contribution < 1.29 is 9.53 Å². The summed E-state index contributed by atoms with van der Waals surface area (Å²) in [6, 6.07) is 15.8. The van der Waals surface area contributed by atoms with Gasteiger partial charge in [-0.1, -0.05) is 42.3 Å². The minimum atomic E-state index is 0.0752. The summed E-state index contributed by atoms with van der Waals surface area (Å²) in [5.74, 6) is 0.871. The summed E-state index contributed by atoms with van der Waals surface area (Å²) in [5, 5.41) is 1.47. The first kappa shape index (κ1) is 19.2. The van der Waals surface area contributed by atoms with Crippen molar-refractivity contribution in [2.75, 3.05) is 7.11 Å². The van der Waals surface area contributed by atoms with Gasteiger partial charge in [0.2, 0.25) is 5.91 Å². The molecule has 0 saturated heterocycles. The summed E-state index contributed by atoms with van der Waals surface area (Å²) in [6.07, 6.45) is 0.438. The molecule has 0 saturated carbocycles. The van der Waals surface area contributed by atoms with Crippen molar-refractivity contribution >= 4 is 28.4 Å². The van der Waals surface area contributed by atoms with Crippen LogP contribution < -0.4 is 4.74 Å². The monoisotopic (exact) mass is 382 g/mol. The normalized spacial score (nSPS) is 10.8.